The van der Waals surface area contributed by atoms with Gasteiger partial charge in [0, 0.05) is 5.56 Å². The molecule has 30 heavy (non-hydrogen) atoms. The van der Waals surface area contributed by atoms with E-state index >= 15 is 0 Å². The molecule has 1 unspecified atom stereocenters. The number of benzene rings is 3. The highest BCUT2D eigenvalue weighted by Gasteiger charge is 2.29. The Hall–Kier alpha value is -3.99. The molecular formula is C25H20N2O3. The molecule has 0 amide bonds. The van der Waals surface area contributed by atoms with Crippen LogP contribution in [0, 0.1) is 0 Å². The van der Waals surface area contributed by atoms with Gasteiger partial charge in [-0.1, -0.05) is 91.0 Å². The average Bonchev–Trinajstić information content (AvgIpc) is 3.25. The van der Waals surface area contributed by atoms with Gasteiger partial charge in [0.2, 0.25) is 0 Å². The lowest BCUT2D eigenvalue weighted by molar-refractivity contribution is 0.0591. The molecule has 3 aromatic carbocycles. The zero-order valence-corrected chi connectivity index (χ0v) is 16.4. The Kier molecular flexibility index (Phi) is 5.52. The third-order valence-corrected chi connectivity index (χ3v) is 4.87. The van der Waals surface area contributed by atoms with Crippen LogP contribution in [0.5, 0.6) is 0 Å². The number of carbonyl (C=O) groups excluding carboxylic acids is 2. The van der Waals surface area contributed by atoms with Crippen LogP contribution in [-0.4, -0.2) is 28.6 Å². The van der Waals surface area contributed by atoms with Crippen LogP contribution < -0.4 is 0 Å². The summed E-state index contributed by atoms with van der Waals surface area (Å²) in [7, 11) is 1.31. The molecule has 0 spiro atoms. The normalized spacial score (nSPS) is 11.6. The van der Waals surface area contributed by atoms with Crippen LogP contribution in [0.1, 0.15) is 32.5 Å². The highest BCUT2D eigenvalue weighted by Crippen LogP contribution is 2.30. The Labute approximate surface area is 174 Å². The number of nitrogens with zero attached hydrogens (tertiary/aromatic N) is 2. The van der Waals surface area contributed by atoms with Gasteiger partial charge >= 0.3 is 5.97 Å². The summed E-state index contributed by atoms with van der Waals surface area (Å²) >= 11 is 0. The number of hydrogen-bond donors (Lipinski definition) is 0. The standard InChI is InChI=1S/C25H20N2O3/c1-30-25(29)21-17-22(18-11-5-2-6-12-18)27(26-21)23(19-13-7-3-8-14-19)24(28)20-15-9-4-10-16-20/h2-17,23H,1H3. The quantitative estimate of drug-likeness (QED) is 0.347. The van der Waals surface area contributed by atoms with Crippen molar-refractivity contribution in [3.63, 3.8) is 0 Å². The molecule has 0 saturated carbocycles. The number of ketones is 1. The molecule has 4 aromatic rings. The minimum atomic E-state index is -0.734. The summed E-state index contributed by atoms with van der Waals surface area (Å²) in [6.45, 7) is 0. The Morgan fingerprint density at radius 3 is 2.00 bits per heavy atom. The van der Waals surface area contributed by atoms with Crippen LogP contribution in [0.4, 0.5) is 0 Å². The third-order valence-electron chi connectivity index (χ3n) is 4.87. The second-order valence-electron chi connectivity index (χ2n) is 6.76. The van der Waals surface area contributed by atoms with E-state index in [1.54, 1.807) is 22.9 Å². The number of Topliss-reactive ketones (excluding diaryl/α,β-unsaturated/α-hetero) is 1. The third kappa shape index (κ3) is 3.78. The van der Waals surface area contributed by atoms with Crippen molar-refractivity contribution in [2.45, 2.75) is 6.04 Å². The minimum Gasteiger partial charge on any atom is -0.464 e. The topological polar surface area (TPSA) is 61.2 Å². The van der Waals surface area contributed by atoms with E-state index < -0.39 is 12.0 Å². The fraction of sp³-hybridized carbons (Fsp3) is 0.0800. The van der Waals surface area contributed by atoms with Gasteiger partial charge in [-0.25, -0.2) is 9.48 Å². The monoisotopic (exact) mass is 396 g/mol. The van der Waals surface area contributed by atoms with Crippen molar-refractivity contribution < 1.29 is 14.3 Å². The summed E-state index contributed by atoms with van der Waals surface area (Å²) in [5.41, 5.74) is 3.01. The van der Waals surface area contributed by atoms with Crippen molar-refractivity contribution in [3.8, 4) is 11.3 Å². The van der Waals surface area contributed by atoms with Crippen molar-refractivity contribution >= 4 is 11.8 Å². The maximum Gasteiger partial charge on any atom is 0.358 e. The van der Waals surface area contributed by atoms with Crippen molar-refractivity contribution in [2.75, 3.05) is 7.11 Å². The van der Waals surface area contributed by atoms with Crippen molar-refractivity contribution in [1.82, 2.24) is 9.78 Å². The molecule has 5 heteroatoms. The van der Waals surface area contributed by atoms with E-state index in [1.807, 2.05) is 78.9 Å². The van der Waals surface area contributed by atoms with Gasteiger partial charge in [0.1, 0.15) is 6.04 Å². The highest BCUT2D eigenvalue weighted by molar-refractivity contribution is 6.01. The van der Waals surface area contributed by atoms with Crippen LogP contribution in [-0.2, 0) is 4.74 Å². The molecule has 0 aliphatic carbocycles. The molecular weight excluding hydrogens is 376 g/mol. The molecule has 1 aromatic heterocycles. The first-order chi connectivity index (χ1) is 14.7. The lowest BCUT2D eigenvalue weighted by atomic mass is 9.97. The first-order valence-electron chi connectivity index (χ1n) is 9.56. The van der Waals surface area contributed by atoms with E-state index in [4.69, 9.17) is 4.74 Å². The smallest absolute Gasteiger partial charge is 0.358 e. The van der Waals surface area contributed by atoms with Crippen LogP contribution in [0.15, 0.2) is 97.1 Å². The molecule has 1 heterocycles. The molecule has 0 N–H and O–H groups in total. The predicted molar refractivity (Wildman–Crippen MR) is 114 cm³/mol. The van der Waals surface area contributed by atoms with Crippen LogP contribution in [0.25, 0.3) is 11.3 Å². The lowest BCUT2D eigenvalue weighted by Crippen LogP contribution is -2.23. The summed E-state index contributed by atoms with van der Waals surface area (Å²) in [4.78, 5) is 25.8. The van der Waals surface area contributed by atoms with Gasteiger partial charge in [-0.3, -0.25) is 4.79 Å². The van der Waals surface area contributed by atoms with E-state index in [0.717, 1.165) is 11.1 Å². The van der Waals surface area contributed by atoms with E-state index in [0.29, 0.717) is 11.3 Å². The fourth-order valence-corrected chi connectivity index (χ4v) is 3.42. The molecule has 4 rings (SSSR count). The van der Waals surface area contributed by atoms with Crippen LogP contribution in [0.3, 0.4) is 0 Å². The molecule has 0 fully saturated rings. The zero-order chi connectivity index (χ0) is 20.9. The van der Waals surface area contributed by atoms with Crippen molar-refractivity contribution in [1.29, 1.82) is 0 Å². The summed E-state index contributed by atoms with van der Waals surface area (Å²) in [6.07, 6.45) is 0. The Balaban J connectivity index is 1.93. The number of methoxy groups -OCH3 is 1. The maximum absolute atomic E-state index is 13.6. The molecule has 5 nitrogen and oxygen atoms in total. The van der Waals surface area contributed by atoms with E-state index in [-0.39, 0.29) is 11.5 Å². The van der Waals surface area contributed by atoms with Gasteiger partial charge in [0.05, 0.1) is 12.8 Å². The van der Waals surface area contributed by atoms with E-state index in [9.17, 15) is 9.59 Å². The van der Waals surface area contributed by atoms with E-state index in [1.165, 1.54) is 7.11 Å². The second kappa shape index (κ2) is 8.57. The number of hydrogen-bond acceptors (Lipinski definition) is 4. The minimum absolute atomic E-state index is 0.113. The van der Waals surface area contributed by atoms with Gasteiger partial charge < -0.3 is 4.74 Å². The number of aromatic nitrogens is 2. The molecule has 0 aliphatic rings. The van der Waals surface area contributed by atoms with E-state index in [2.05, 4.69) is 5.10 Å². The van der Waals surface area contributed by atoms with Gasteiger partial charge in [0.25, 0.3) is 0 Å². The van der Waals surface area contributed by atoms with Gasteiger partial charge in [0.15, 0.2) is 11.5 Å². The summed E-state index contributed by atoms with van der Waals surface area (Å²) in [5.74, 6) is -0.664. The molecule has 148 valence electrons. The summed E-state index contributed by atoms with van der Waals surface area (Å²) in [6, 6.07) is 29.0. The SMILES string of the molecule is COC(=O)c1cc(-c2ccccc2)n(C(C(=O)c2ccccc2)c2ccccc2)n1. The van der Waals surface area contributed by atoms with Crippen molar-refractivity contribution in [2.24, 2.45) is 0 Å². The molecule has 0 saturated heterocycles. The molecule has 0 bridgehead atoms. The average molecular weight is 396 g/mol. The first-order valence-corrected chi connectivity index (χ1v) is 9.56. The lowest BCUT2D eigenvalue weighted by Gasteiger charge is -2.20. The fourth-order valence-electron chi connectivity index (χ4n) is 3.42. The maximum atomic E-state index is 13.6. The predicted octanol–water partition coefficient (Wildman–Crippen LogP) is 4.81. The first kappa shape index (κ1) is 19.3. The van der Waals surface area contributed by atoms with Gasteiger partial charge in [-0.15, -0.1) is 0 Å². The van der Waals surface area contributed by atoms with Gasteiger partial charge in [-0.05, 0) is 17.2 Å². The largest absolute Gasteiger partial charge is 0.464 e. The molecule has 1 atom stereocenters. The van der Waals surface area contributed by atoms with Crippen molar-refractivity contribution in [3.05, 3.63) is 114 Å². The second-order valence-corrected chi connectivity index (χ2v) is 6.76. The Morgan fingerprint density at radius 1 is 0.833 bits per heavy atom. The number of carbonyl (C=O) groups is 2. The van der Waals surface area contributed by atoms with Crippen LogP contribution >= 0.6 is 0 Å². The Morgan fingerprint density at radius 2 is 1.40 bits per heavy atom. The summed E-state index contributed by atoms with van der Waals surface area (Å²) < 4.78 is 6.49. The Bertz CT molecular complexity index is 1150. The van der Waals surface area contributed by atoms with Crippen LogP contribution in [0.2, 0.25) is 0 Å². The molecule has 0 aliphatic heterocycles. The zero-order valence-electron chi connectivity index (χ0n) is 16.4. The number of ether oxygens (including phenoxy) is 1. The van der Waals surface area contributed by atoms with Gasteiger partial charge in [-0.2, -0.15) is 5.10 Å². The molecule has 0 radical (unpaired) electrons. The number of esters is 1. The number of rotatable bonds is 6. The highest BCUT2D eigenvalue weighted by atomic mass is 16.5. The summed E-state index contributed by atoms with van der Waals surface area (Å²) in [5, 5.41) is 4.50.